The fourth-order valence-corrected chi connectivity index (χ4v) is 2.57. The molecular weight excluding hydrogens is 258 g/mol. The van der Waals surface area contributed by atoms with Crippen LogP contribution >= 0.6 is 11.6 Å². The van der Waals surface area contributed by atoms with Crippen molar-refractivity contribution in [3.8, 4) is 0 Å². The lowest BCUT2D eigenvalue weighted by atomic mass is 10.2. The van der Waals surface area contributed by atoms with Crippen LogP contribution in [-0.4, -0.2) is 16.1 Å². The molecule has 1 N–H and O–H groups in total. The summed E-state index contributed by atoms with van der Waals surface area (Å²) in [7, 11) is 0. The second-order valence-corrected chi connectivity index (χ2v) is 6.03. The predicted octanol–water partition coefficient (Wildman–Crippen LogP) is 4.02. The number of aromatic nitrogens is 2. The quantitative estimate of drug-likeness (QED) is 0.896. The molecule has 0 saturated heterocycles. The Morgan fingerprint density at radius 1 is 1.26 bits per heavy atom. The van der Waals surface area contributed by atoms with Crippen LogP contribution in [0, 0.1) is 5.92 Å². The number of hydrogen-bond donors (Lipinski definition) is 1. The molecule has 4 heteroatoms. The maximum absolute atomic E-state index is 6.32. The second kappa shape index (κ2) is 5.93. The molecule has 3 nitrogen and oxygen atoms in total. The number of imidazole rings is 1. The first-order valence-corrected chi connectivity index (χ1v) is 7.24. The lowest BCUT2D eigenvalue weighted by Crippen LogP contribution is -2.22. The van der Waals surface area contributed by atoms with Crippen molar-refractivity contribution in [1.82, 2.24) is 14.9 Å². The first-order chi connectivity index (χ1) is 9.00. The third kappa shape index (κ3) is 3.10. The van der Waals surface area contributed by atoms with E-state index in [4.69, 9.17) is 16.6 Å². The smallest absolute Gasteiger partial charge is 0.124 e. The zero-order valence-corrected chi connectivity index (χ0v) is 12.8. The van der Waals surface area contributed by atoms with Crippen molar-refractivity contribution in [3.63, 3.8) is 0 Å². The number of nitrogens with zero attached hydrogens (tertiary/aromatic N) is 2. The van der Waals surface area contributed by atoms with Crippen LogP contribution in [0.5, 0.6) is 0 Å². The van der Waals surface area contributed by atoms with E-state index >= 15 is 0 Å². The van der Waals surface area contributed by atoms with Crippen LogP contribution in [0.1, 0.15) is 39.6 Å². The highest BCUT2D eigenvalue weighted by Gasteiger charge is 2.15. The van der Waals surface area contributed by atoms with Gasteiger partial charge in [-0.2, -0.15) is 0 Å². The summed E-state index contributed by atoms with van der Waals surface area (Å²) in [5.74, 6) is 1.69. The lowest BCUT2D eigenvalue weighted by Gasteiger charge is -2.14. The Hall–Kier alpha value is -1.06. The van der Waals surface area contributed by atoms with E-state index < -0.39 is 0 Å². The van der Waals surface area contributed by atoms with Gasteiger partial charge in [0.1, 0.15) is 5.82 Å². The van der Waals surface area contributed by atoms with E-state index in [-0.39, 0.29) is 0 Å². The van der Waals surface area contributed by atoms with Gasteiger partial charge in [-0.3, -0.25) is 0 Å². The van der Waals surface area contributed by atoms with E-state index in [0.29, 0.717) is 12.0 Å². The average molecular weight is 280 g/mol. The maximum atomic E-state index is 6.32. The molecule has 0 spiro atoms. The Bertz CT molecular complexity index is 558. The van der Waals surface area contributed by atoms with Gasteiger partial charge in [-0.15, -0.1) is 0 Å². The molecule has 0 fully saturated rings. The Morgan fingerprint density at radius 3 is 2.63 bits per heavy atom. The molecule has 1 aromatic heterocycles. The van der Waals surface area contributed by atoms with Crippen molar-refractivity contribution in [3.05, 3.63) is 29.0 Å². The zero-order chi connectivity index (χ0) is 14.0. The molecule has 0 radical (unpaired) electrons. The number of halogens is 1. The van der Waals surface area contributed by atoms with Gasteiger partial charge < -0.3 is 9.88 Å². The topological polar surface area (TPSA) is 29.9 Å². The molecule has 104 valence electrons. The fraction of sp³-hybridized carbons (Fsp3) is 0.533. The van der Waals surface area contributed by atoms with Crippen molar-refractivity contribution >= 4 is 22.6 Å². The Kier molecular flexibility index (Phi) is 4.48. The van der Waals surface area contributed by atoms with Crippen LogP contribution in [0.4, 0.5) is 0 Å². The Morgan fingerprint density at radius 2 is 2.00 bits per heavy atom. The van der Waals surface area contributed by atoms with Crippen LogP contribution < -0.4 is 5.32 Å². The summed E-state index contributed by atoms with van der Waals surface area (Å²) in [6, 6.07) is 6.25. The Balaban J connectivity index is 2.37. The molecule has 0 aliphatic rings. The third-order valence-corrected chi connectivity index (χ3v) is 3.39. The summed E-state index contributed by atoms with van der Waals surface area (Å²) < 4.78 is 2.23. The molecule has 2 aromatic rings. The molecule has 1 heterocycles. The molecule has 2 rings (SSSR count). The van der Waals surface area contributed by atoms with Crippen molar-refractivity contribution in [2.45, 2.75) is 40.3 Å². The number of para-hydroxylation sites is 1. The van der Waals surface area contributed by atoms with Gasteiger partial charge in [0.25, 0.3) is 0 Å². The van der Waals surface area contributed by atoms with Gasteiger partial charge in [0.05, 0.1) is 22.6 Å². The summed E-state index contributed by atoms with van der Waals surface area (Å²) in [5.41, 5.74) is 2.02. The number of hydrogen-bond acceptors (Lipinski definition) is 2. The summed E-state index contributed by atoms with van der Waals surface area (Å²) in [4.78, 5) is 4.71. The minimum Gasteiger partial charge on any atom is -0.323 e. The highest BCUT2D eigenvalue weighted by atomic mass is 35.5. The Labute approximate surface area is 120 Å². The van der Waals surface area contributed by atoms with Crippen LogP contribution in [0.3, 0.4) is 0 Å². The molecule has 19 heavy (non-hydrogen) atoms. The van der Waals surface area contributed by atoms with E-state index in [1.165, 1.54) is 0 Å². The van der Waals surface area contributed by atoms with Gasteiger partial charge in [-0.25, -0.2) is 4.98 Å². The number of fused-ring (bicyclic) bond motifs is 1. The van der Waals surface area contributed by atoms with Gasteiger partial charge in [0.15, 0.2) is 0 Å². The zero-order valence-electron chi connectivity index (χ0n) is 12.1. The van der Waals surface area contributed by atoms with Gasteiger partial charge >= 0.3 is 0 Å². The highest BCUT2D eigenvalue weighted by Crippen LogP contribution is 2.27. The molecule has 0 saturated carbocycles. The summed E-state index contributed by atoms with van der Waals surface area (Å²) in [6.07, 6.45) is 0. The SMILES string of the molecule is CC(C)CNCc1nc2cccc(Cl)c2n1C(C)C. The van der Waals surface area contributed by atoms with E-state index in [0.717, 1.165) is 35.0 Å². The van der Waals surface area contributed by atoms with Crippen LogP contribution in [0.25, 0.3) is 11.0 Å². The van der Waals surface area contributed by atoms with E-state index in [9.17, 15) is 0 Å². The normalized spacial score (nSPS) is 11.9. The molecule has 1 aromatic carbocycles. The van der Waals surface area contributed by atoms with Gasteiger partial charge in [0.2, 0.25) is 0 Å². The molecule has 0 amide bonds. The second-order valence-electron chi connectivity index (χ2n) is 5.62. The minimum absolute atomic E-state index is 0.348. The van der Waals surface area contributed by atoms with Crippen molar-refractivity contribution in [2.75, 3.05) is 6.54 Å². The van der Waals surface area contributed by atoms with Gasteiger partial charge in [-0.1, -0.05) is 31.5 Å². The van der Waals surface area contributed by atoms with E-state index in [2.05, 4.69) is 37.6 Å². The summed E-state index contributed by atoms with van der Waals surface area (Å²) in [6.45, 7) is 10.5. The number of benzene rings is 1. The van der Waals surface area contributed by atoms with Crippen molar-refractivity contribution in [2.24, 2.45) is 5.92 Å². The van der Waals surface area contributed by atoms with Crippen molar-refractivity contribution < 1.29 is 0 Å². The standard InChI is InChI=1S/C15H22ClN3/c1-10(2)8-17-9-14-18-13-7-5-6-12(16)15(13)19(14)11(3)4/h5-7,10-11,17H,8-9H2,1-4H3. The monoisotopic (exact) mass is 279 g/mol. The number of nitrogens with one attached hydrogen (secondary N) is 1. The lowest BCUT2D eigenvalue weighted by molar-refractivity contribution is 0.514. The first kappa shape index (κ1) is 14.4. The predicted molar refractivity (Wildman–Crippen MR) is 81.7 cm³/mol. The summed E-state index contributed by atoms with van der Waals surface area (Å²) >= 11 is 6.32. The van der Waals surface area contributed by atoms with E-state index in [1.54, 1.807) is 0 Å². The average Bonchev–Trinajstić information content (AvgIpc) is 2.68. The first-order valence-electron chi connectivity index (χ1n) is 6.86. The molecular formula is C15H22ClN3. The molecule has 0 unspecified atom stereocenters. The fourth-order valence-electron chi connectivity index (χ4n) is 2.31. The molecule has 0 aliphatic heterocycles. The van der Waals surface area contributed by atoms with Crippen LogP contribution in [0.2, 0.25) is 5.02 Å². The molecule has 0 atom stereocenters. The highest BCUT2D eigenvalue weighted by molar-refractivity contribution is 6.35. The molecule has 0 bridgehead atoms. The van der Waals surface area contributed by atoms with Crippen LogP contribution in [0.15, 0.2) is 18.2 Å². The van der Waals surface area contributed by atoms with Gasteiger partial charge in [-0.05, 0) is 38.4 Å². The van der Waals surface area contributed by atoms with Crippen LogP contribution in [-0.2, 0) is 6.54 Å². The van der Waals surface area contributed by atoms with Crippen molar-refractivity contribution in [1.29, 1.82) is 0 Å². The number of rotatable bonds is 5. The van der Waals surface area contributed by atoms with E-state index in [1.807, 2.05) is 18.2 Å². The maximum Gasteiger partial charge on any atom is 0.124 e. The summed E-state index contributed by atoms with van der Waals surface area (Å²) in [5, 5.41) is 4.22. The molecule has 0 aliphatic carbocycles. The third-order valence-electron chi connectivity index (χ3n) is 3.09. The van der Waals surface area contributed by atoms with Gasteiger partial charge in [0, 0.05) is 6.04 Å². The largest absolute Gasteiger partial charge is 0.323 e. The minimum atomic E-state index is 0.348.